The molecule has 122 valence electrons. The van der Waals surface area contributed by atoms with E-state index in [1.54, 1.807) is 24.3 Å². The number of carbonyl (C=O) groups excluding carboxylic acids is 1. The summed E-state index contributed by atoms with van der Waals surface area (Å²) in [5.74, 6) is 0.000531. The third-order valence-electron chi connectivity index (χ3n) is 4.06. The van der Waals surface area contributed by atoms with E-state index in [1.807, 2.05) is 13.8 Å². The third kappa shape index (κ3) is 3.59. The van der Waals surface area contributed by atoms with Crippen LogP contribution in [0.4, 0.5) is 11.4 Å². The van der Waals surface area contributed by atoms with E-state index in [0.717, 1.165) is 6.42 Å². The summed E-state index contributed by atoms with van der Waals surface area (Å²) >= 11 is 0. The average Bonchev–Trinajstić information content (AvgIpc) is 2.85. The van der Waals surface area contributed by atoms with Gasteiger partial charge in [0.2, 0.25) is 15.9 Å². The maximum absolute atomic E-state index is 12.1. The number of nitrogens with zero attached hydrogens (tertiary/aromatic N) is 1. The zero-order valence-corrected chi connectivity index (χ0v) is 13.8. The summed E-state index contributed by atoms with van der Waals surface area (Å²) in [4.78, 5) is 12.1. The minimum atomic E-state index is -3.22. The highest BCUT2D eigenvalue weighted by atomic mass is 32.2. The Hall–Kier alpha value is -1.60. The van der Waals surface area contributed by atoms with Crippen LogP contribution < -0.4 is 15.4 Å². The van der Waals surface area contributed by atoms with Gasteiger partial charge >= 0.3 is 0 Å². The molecule has 2 atom stereocenters. The lowest BCUT2D eigenvalue weighted by atomic mass is 9.99. The first-order valence-electron chi connectivity index (χ1n) is 7.52. The molecule has 1 aliphatic rings. The molecule has 0 aromatic heterocycles. The van der Waals surface area contributed by atoms with Gasteiger partial charge in [0.25, 0.3) is 0 Å². The van der Waals surface area contributed by atoms with Crippen LogP contribution in [0.1, 0.15) is 26.7 Å². The average molecular weight is 325 g/mol. The molecule has 6 nitrogen and oxygen atoms in total. The molecule has 1 heterocycles. The molecule has 0 radical (unpaired) electrons. The van der Waals surface area contributed by atoms with Crippen molar-refractivity contribution in [3.63, 3.8) is 0 Å². The topological polar surface area (TPSA) is 92.5 Å². The maximum atomic E-state index is 12.1. The second-order valence-electron chi connectivity index (χ2n) is 5.69. The number of amides is 1. The summed E-state index contributed by atoms with van der Waals surface area (Å²) in [5.41, 5.74) is 7.04. The van der Waals surface area contributed by atoms with Crippen LogP contribution in [0.15, 0.2) is 24.3 Å². The maximum Gasteiger partial charge on any atom is 0.241 e. The Morgan fingerprint density at radius 3 is 2.77 bits per heavy atom. The van der Waals surface area contributed by atoms with Crippen LogP contribution in [-0.2, 0) is 14.8 Å². The van der Waals surface area contributed by atoms with E-state index in [-0.39, 0.29) is 17.6 Å². The molecule has 3 N–H and O–H groups in total. The fourth-order valence-electron chi connectivity index (χ4n) is 2.41. The number of carbonyl (C=O) groups is 1. The summed E-state index contributed by atoms with van der Waals surface area (Å²) in [5, 5.41) is 2.76. The molecule has 1 aromatic carbocycles. The Morgan fingerprint density at radius 1 is 1.45 bits per heavy atom. The van der Waals surface area contributed by atoms with E-state index in [9.17, 15) is 13.2 Å². The van der Waals surface area contributed by atoms with Crippen molar-refractivity contribution in [2.45, 2.75) is 32.7 Å². The second kappa shape index (κ2) is 6.66. The summed E-state index contributed by atoms with van der Waals surface area (Å²) in [7, 11) is -3.22. The van der Waals surface area contributed by atoms with E-state index in [2.05, 4.69) is 5.32 Å². The number of nitrogens with two attached hydrogens (primary N) is 1. The van der Waals surface area contributed by atoms with E-state index >= 15 is 0 Å². The highest BCUT2D eigenvalue weighted by molar-refractivity contribution is 7.93. The predicted molar refractivity (Wildman–Crippen MR) is 88.3 cm³/mol. The van der Waals surface area contributed by atoms with E-state index in [0.29, 0.717) is 24.3 Å². The Morgan fingerprint density at radius 2 is 2.18 bits per heavy atom. The molecule has 2 rings (SSSR count). The summed E-state index contributed by atoms with van der Waals surface area (Å²) in [6.07, 6.45) is 1.44. The number of hydrogen-bond donors (Lipinski definition) is 2. The van der Waals surface area contributed by atoms with Crippen LogP contribution in [0.25, 0.3) is 0 Å². The summed E-state index contributed by atoms with van der Waals surface area (Å²) in [6.45, 7) is 4.39. The molecule has 0 saturated carbocycles. The van der Waals surface area contributed by atoms with E-state index < -0.39 is 16.1 Å². The zero-order valence-electron chi connectivity index (χ0n) is 13.0. The number of sulfonamides is 1. The Balaban J connectivity index is 2.14. The van der Waals surface area contributed by atoms with Crippen LogP contribution in [0.3, 0.4) is 0 Å². The summed E-state index contributed by atoms with van der Waals surface area (Å²) < 4.78 is 25.3. The van der Waals surface area contributed by atoms with Crippen molar-refractivity contribution in [1.29, 1.82) is 0 Å². The van der Waals surface area contributed by atoms with Gasteiger partial charge in [-0.15, -0.1) is 0 Å². The van der Waals surface area contributed by atoms with Gasteiger partial charge in [-0.3, -0.25) is 9.10 Å². The molecule has 2 unspecified atom stereocenters. The van der Waals surface area contributed by atoms with Crippen molar-refractivity contribution in [2.75, 3.05) is 21.9 Å². The van der Waals surface area contributed by atoms with Gasteiger partial charge in [-0.2, -0.15) is 0 Å². The fraction of sp³-hybridized carbons (Fsp3) is 0.533. The molecule has 22 heavy (non-hydrogen) atoms. The van der Waals surface area contributed by atoms with Gasteiger partial charge in [-0.1, -0.05) is 26.3 Å². The minimum absolute atomic E-state index is 0.0853. The van der Waals surface area contributed by atoms with Gasteiger partial charge in [0.1, 0.15) is 0 Å². The van der Waals surface area contributed by atoms with Crippen molar-refractivity contribution in [1.82, 2.24) is 0 Å². The molecule has 7 heteroatoms. The smallest absolute Gasteiger partial charge is 0.241 e. The minimum Gasteiger partial charge on any atom is -0.325 e. The molecular weight excluding hydrogens is 302 g/mol. The molecule has 1 aromatic rings. The molecule has 1 aliphatic heterocycles. The lowest BCUT2D eigenvalue weighted by Gasteiger charge is -2.20. The highest BCUT2D eigenvalue weighted by Crippen LogP contribution is 2.26. The largest absolute Gasteiger partial charge is 0.325 e. The number of nitrogens with one attached hydrogen (secondary N) is 1. The normalized spacial score (nSPS) is 19.7. The van der Waals surface area contributed by atoms with Gasteiger partial charge in [-0.25, -0.2) is 8.42 Å². The summed E-state index contributed by atoms with van der Waals surface area (Å²) in [6, 6.07) is 6.28. The number of anilines is 2. The molecule has 1 saturated heterocycles. The van der Waals surface area contributed by atoms with Crippen LogP contribution in [0.2, 0.25) is 0 Å². The highest BCUT2D eigenvalue weighted by Gasteiger charge is 2.28. The standard InChI is InChI=1S/C15H23N3O3S/c1-3-11(2)14(16)15(19)17-12-6-4-7-13(10-12)18-8-5-9-22(18,20)21/h4,6-7,10-11,14H,3,5,8-9,16H2,1-2H3,(H,17,19). The van der Waals surface area contributed by atoms with Crippen molar-refractivity contribution in [3.8, 4) is 0 Å². The van der Waals surface area contributed by atoms with Gasteiger partial charge in [0.05, 0.1) is 17.5 Å². The third-order valence-corrected chi connectivity index (χ3v) is 5.93. The molecule has 1 fully saturated rings. The predicted octanol–water partition coefficient (Wildman–Crippen LogP) is 1.54. The zero-order chi connectivity index (χ0) is 16.3. The van der Waals surface area contributed by atoms with Crippen LogP contribution in [0.5, 0.6) is 0 Å². The van der Waals surface area contributed by atoms with E-state index in [1.165, 1.54) is 4.31 Å². The van der Waals surface area contributed by atoms with Gasteiger partial charge < -0.3 is 11.1 Å². The molecule has 0 spiro atoms. The van der Waals surface area contributed by atoms with Crippen LogP contribution in [0, 0.1) is 5.92 Å². The van der Waals surface area contributed by atoms with Crippen molar-refractivity contribution in [3.05, 3.63) is 24.3 Å². The second-order valence-corrected chi connectivity index (χ2v) is 7.71. The van der Waals surface area contributed by atoms with Gasteiger partial charge in [0, 0.05) is 12.2 Å². The lowest BCUT2D eigenvalue weighted by Crippen LogP contribution is -2.40. The Kier molecular flexibility index (Phi) is 5.08. The Bertz CT molecular complexity index is 645. The first-order chi connectivity index (χ1) is 10.3. The van der Waals surface area contributed by atoms with E-state index in [4.69, 9.17) is 5.73 Å². The molecule has 1 amide bonds. The van der Waals surface area contributed by atoms with Crippen LogP contribution in [-0.4, -0.2) is 32.7 Å². The van der Waals surface area contributed by atoms with Crippen molar-refractivity contribution < 1.29 is 13.2 Å². The lowest BCUT2D eigenvalue weighted by molar-refractivity contribution is -0.118. The van der Waals surface area contributed by atoms with Gasteiger partial charge in [-0.05, 0) is 30.5 Å². The van der Waals surface area contributed by atoms with Crippen LogP contribution >= 0.6 is 0 Å². The first kappa shape index (κ1) is 16.8. The molecule has 0 aliphatic carbocycles. The number of hydrogen-bond acceptors (Lipinski definition) is 4. The number of benzene rings is 1. The van der Waals surface area contributed by atoms with Gasteiger partial charge in [0.15, 0.2) is 0 Å². The SMILES string of the molecule is CCC(C)C(N)C(=O)Nc1cccc(N2CCCS2(=O)=O)c1. The Labute approximate surface area is 131 Å². The molecule has 0 bridgehead atoms. The first-order valence-corrected chi connectivity index (χ1v) is 9.13. The van der Waals surface area contributed by atoms with Crippen molar-refractivity contribution >= 4 is 27.3 Å². The monoisotopic (exact) mass is 325 g/mol. The molecular formula is C15H23N3O3S. The van der Waals surface area contributed by atoms with Crippen molar-refractivity contribution in [2.24, 2.45) is 11.7 Å². The quantitative estimate of drug-likeness (QED) is 0.859. The number of rotatable bonds is 5. The fourth-order valence-corrected chi connectivity index (χ4v) is 3.96.